The van der Waals surface area contributed by atoms with Crippen molar-refractivity contribution < 1.29 is 9.53 Å². The average molecular weight is 356 g/mol. The highest BCUT2D eigenvalue weighted by molar-refractivity contribution is 5.95. The van der Waals surface area contributed by atoms with E-state index in [0.717, 1.165) is 23.9 Å². The van der Waals surface area contributed by atoms with Crippen LogP contribution in [-0.2, 0) is 11.3 Å². The van der Waals surface area contributed by atoms with Gasteiger partial charge in [-0.1, -0.05) is 0 Å². The van der Waals surface area contributed by atoms with Crippen molar-refractivity contribution in [2.24, 2.45) is 11.8 Å². The van der Waals surface area contributed by atoms with Crippen LogP contribution < -0.4 is 0 Å². The molecule has 2 aliphatic rings. The lowest BCUT2D eigenvalue weighted by atomic mass is 9.91. The number of hydrogen-bond donors (Lipinski definition) is 1. The Bertz CT molecular complexity index is 816. The van der Waals surface area contributed by atoms with Crippen LogP contribution in [-0.4, -0.2) is 56.2 Å². The fourth-order valence-electron chi connectivity index (χ4n) is 3.91. The standard InChI is InChI=1S/C18H24N6O2/c1-10-13(6-19-11(2)20-10)18(25)24-7-14(12-4-5-12)15(8-24)17-21-16(9-26-3)22-23-17/h6,12,14-15H,4-5,7-9H2,1-3H3,(H,21,22,23)/t14-,15+/m1/s1. The molecule has 26 heavy (non-hydrogen) atoms. The molecule has 2 fully saturated rings. The molecule has 3 heterocycles. The van der Waals surface area contributed by atoms with E-state index >= 15 is 0 Å². The van der Waals surface area contributed by atoms with Gasteiger partial charge in [-0.05, 0) is 38.5 Å². The average Bonchev–Trinajstić information content (AvgIpc) is 3.18. The Hall–Kier alpha value is -2.35. The van der Waals surface area contributed by atoms with Gasteiger partial charge in [0.15, 0.2) is 11.6 Å². The van der Waals surface area contributed by atoms with Crippen LogP contribution >= 0.6 is 0 Å². The maximum Gasteiger partial charge on any atom is 0.257 e. The van der Waals surface area contributed by atoms with Gasteiger partial charge in [0.05, 0.1) is 11.3 Å². The molecule has 0 aromatic carbocycles. The predicted molar refractivity (Wildman–Crippen MR) is 93.5 cm³/mol. The van der Waals surface area contributed by atoms with Gasteiger partial charge in [0.1, 0.15) is 12.4 Å². The summed E-state index contributed by atoms with van der Waals surface area (Å²) in [6.45, 7) is 5.49. The van der Waals surface area contributed by atoms with Crippen molar-refractivity contribution in [3.63, 3.8) is 0 Å². The molecule has 1 saturated carbocycles. The SMILES string of the molecule is COCc1nc([C@H]2CN(C(=O)c3cnc(C)nc3C)C[C@@H]2C2CC2)n[nH]1. The zero-order chi connectivity index (χ0) is 18.3. The first kappa shape index (κ1) is 17.1. The third-order valence-corrected chi connectivity index (χ3v) is 5.37. The first-order valence-electron chi connectivity index (χ1n) is 9.06. The van der Waals surface area contributed by atoms with Gasteiger partial charge in [0, 0.05) is 32.3 Å². The van der Waals surface area contributed by atoms with E-state index in [1.54, 1.807) is 13.3 Å². The van der Waals surface area contributed by atoms with E-state index in [1.807, 2.05) is 18.7 Å². The molecule has 1 N–H and O–H groups in total. The smallest absolute Gasteiger partial charge is 0.257 e. The highest BCUT2D eigenvalue weighted by atomic mass is 16.5. The predicted octanol–water partition coefficient (Wildman–Crippen LogP) is 1.62. The number of likely N-dealkylation sites (tertiary alicyclic amines) is 1. The third-order valence-electron chi connectivity index (χ3n) is 5.37. The van der Waals surface area contributed by atoms with Crippen LogP contribution in [0.3, 0.4) is 0 Å². The minimum atomic E-state index is 0.00306. The number of methoxy groups -OCH3 is 1. The molecule has 0 unspecified atom stereocenters. The Morgan fingerprint density at radius 2 is 2.12 bits per heavy atom. The van der Waals surface area contributed by atoms with Crippen LogP contribution in [0.2, 0.25) is 0 Å². The Labute approximate surface area is 152 Å². The molecule has 1 aliphatic carbocycles. The van der Waals surface area contributed by atoms with Crippen LogP contribution in [0.1, 0.15) is 52.3 Å². The lowest BCUT2D eigenvalue weighted by molar-refractivity contribution is 0.0783. The minimum Gasteiger partial charge on any atom is -0.377 e. The summed E-state index contributed by atoms with van der Waals surface area (Å²) in [5.74, 6) is 3.45. The highest BCUT2D eigenvalue weighted by Crippen LogP contribution is 2.47. The van der Waals surface area contributed by atoms with Crippen molar-refractivity contribution in [3.8, 4) is 0 Å². The van der Waals surface area contributed by atoms with Gasteiger partial charge in [-0.3, -0.25) is 9.89 Å². The lowest BCUT2D eigenvalue weighted by Gasteiger charge is -2.17. The van der Waals surface area contributed by atoms with E-state index in [4.69, 9.17) is 4.74 Å². The van der Waals surface area contributed by atoms with Gasteiger partial charge in [0.25, 0.3) is 5.91 Å². The number of H-pyrrole nitrogens is 1. The van der Waals surface area contributed by atoms with Gasteiger partial charge < -0.3 is 9.64 Å². The van der Waals surface area contributed by atoms with Crippen molar-refractivity contribution in [3.05, 3.63) is 34.9 Å². The summed E-state index contributed by atoms with van der Waals surface area (Å²) in [5, 5.41) is 7.34. The van der Waals surface area contributed by atoms with Crippen LogP contribution in [0.15, 0.2) is 6.20 Å². The number of nitrogens with zero attached hydrogens (tertiary/aromatic N) is 5. The van der Waals surface area contributed by atoms with Gasteiger partial charge in [-0.15, -0.1) is 0 Å². The molecule has 1 saturated heterocycles. The topological polar surface area (TPSA) is 96.9 Å². The Morgan fingerprint density at radius 1 is 1.31 bits per heavy atom. The Kier molecular flexibility index (Phi) is 4.44. The molecule has 2 aromatic heterocycles. The first-order valence-corrected chi connectivity index (χ1v) is 9.06. The number of carbonyl (C=O) groups excluding carboxylic acids is 1. The van der Waals surface area contributed by atoms with Crippen molar-refractivity contribution in [2.45, 2.75) is 39.2 Å². The number of rotatable bonds is 5. The summed E-state index contributed by atoms with van der Waals surface area (Å²) in [4.78, 5) is 28.1. The summed E-state index contributed by atoms with van der Waals surface area (Å²) in [6.07, 6.45) is 4.10. The zero-order valence-corrected chi connectivity index (χ0v) is 15.4. The third kappa shape index (κ3) is 3.21. The fourth-order valence-corrected chi connectivity index (χ4v) is 3.91. The molecule has 2 aromatic rings. The molecule has 0 radical (unpaired) electrons. The van der Waals surface area contributed by atoms with Crippen LogP contribution in [0, 0.1) is 25.7 Å². The lowest BCUT2D eigenvalue weighted by Crippen LogP contribution is -2.30. The summed E-state index contributed by atoms with van der Waals surface area (Å²) >= 11 is 0. The van der Waals surface area contributed by atoms with E-state index in [0.29, 0.717) is 36.4 Å². The second kappa shape index (κ2) is 6.75. The maximum absolute atomic E-state index is 13.0. The molecule has 1 aliphatic heterocycles. The maximum atomic E-state index is 13.0. The number of aromatic amines is 1. The van der Waals surface area contributed by atoms with Crippen LogP contribution in [0.5, 0.6) is 0 Å². The van der Waals surface area contributed by atoms with Crippen LogP contribution in [0.4, 0.5) is 0 Å². The van der Waals surface area contributed by atoms with Gasteiger partial charge >= 0.3 is 0 Å². The molecule has 8 heteroatoms. The minimum absolute atomic E-state index is 0.00306. The number of hydrogen-bond acceptors (Lipinski definition) is 6. The number of amides is 1. The molecule has 0 spiro atoms. The van der Waals surface area contributed by atoms with E-state index < -0.39 is 0 Å². The number of carbonyl (C=O) groups is 1. The number of nitrogens with one attached hydrogen (secondary N) is 1. The normalized spacial score (nSPS) is 22.8. The summed E-state index contributed by atoms with van der Waals surface area (Å²) in [5.41, 5.74) is 1.31. The van der Waals surface area contributed by atoms with Crippen molar-refractivity contribution >= 4 is 5.91 Å². The van der Waals surface area contributed by atoms with Gasteiger partial charge in [-0.25, -0.2) is 15.0 Å². The monoisotopic (exact) mass is 356 g/mol. The second-order valence-electron chi connectivity index (χ2n) is 7.31. The summed E-state index contributed by atoms with van der Waals surface area (Å²) in [7, 11) is 1.64. The van der Waals surface area contributed by atoms with Crippen molar-refractivity contribution in [1.29, 1.82) is 0 Å². The first-order chi connectivity index (χ1) is 12.6. The fraction of sp³-hybridized carbons (Fsp3) is 0.611. The van der Waals surface area contributed by atoms with Crippen molar-refractivity contribution in [2.75, 3.05) is 20.2 Å². The molecular weight excluding hydrogens is 332 g/mol. The molecule has 0 bridgehead atoms. The zero-order valence-electron chi connectivity index (χ0n) is 15.4. The van der Waals surface area contributed by atoms with Crippen molar-refractivity contribution in [1.82, 2.24) is 30.0 Å². The molecule has 8 nitrogen and oxygen atoms in total. The van der Waals surface area contributed by atoms with E-state index in [9.17, 15) is 4.79 Å². The molecule has 2 atom stereocenters. The summed E-state index contributed by atoms with van der Waals surface area (Å²) in [6, 6.07) is 0. The number of aryl methyl sites for hydroxylation is 2. The quantitative estimate of drug-likeness (QED) is 0.874. The van der Waals surface area contributed by atoms with E-state index in [1.165, 1.54) is 12.8 Å². The summed E-state index contributed by atoms with van der Waals surface area (Å²) < 4.78 is 5.12. The Morgan fingerprint density at radius 3 is 2.81 bits per heavy atom. The highest BCUT2D eigenvalue weighted by Gasteiger charge is 2.46. The largest absolute Gasteiger partial charge is 0.377 e. The molecular formula is C18H24N6O2. The number of aromatic nitrogens is 5. The number of ether oxygens (including phenoxy) is 1. The van der Waals surface area contributed by atoms with Gasteiger partial charge in [0.2, 0.25) is 0 Å². The van der Waals surface area contributed by atoms with Gasteiger partial charge in [-0.2, -0.15) is 5.10 Å². The molecule has 1 amide bonds. The van der Waals surface area contributed by atoms with E-state index in [-0.39, 0.29) is 11.8 Å². The second-order valence-corrected chi connectivity index (χ2v) is 7.31. The Balaban J connectivity index is 1.56. The van der Waals surface area contributed by atoms with Crippen LogP contribution in [0.25, 0.3) is 0 Å². The molecule has 138 valence electrons. The van der Waals surface area contributed by atoms with E-state index in [2.05, 4.69) is 25.1 Å². The molecule has 4 rings (SSSR count).